The molecule has 1 aromatic rings. The number of hydrogen-bond donors (Lipinski definition) is 1. The minimum absolute atomic E-state index is 1.09. The van der Waals surface area contributed by atoms with Gasteiger partial charge in [0, 0.05) is 0 Å². The Morgan fingerprint density at radius 3 is 1.64 bits per heavy atom. The van der Waals surface area contributed by atoms with Crippen molar-refractivity contribution in [2.24, 2.45) is 0 Å². The third-order valence-corrected chi connectivity index (χ3v) is 2.23. The molecule has 1 rings (SSSR count). The molecule has 14 heavy (non-hydrogen) atoms. The number of alkyl halides is 1. The molecule has 1 aromatic carbocycles. The average Bonchev–Trinajstić information content (AvgIpc) is 2.24. The Balaban J connectivity index is 0. The molecule has 3 heteroatoms. The summed E-state index contributed by atoms with van der Waals surface area (Å²) in [5.74, 6) is 0. The van der Waals surface area contributed by atoms with Crippen LogP contribution >= 0.6 is 22.6 Å². The van der Waals surface area contributed by atoms with Gasteiger partial charge in [-0.2, -0.15) is 0 Å². The topological polar surface area (TPSA) is 12.0 Å². The average molecular weight is 411 g/mol. The molecule has 0 aliphatic rings. The molecule has 0 aromatic heterocycles. The summed E-state index contributed by atoms with van der Waals surface area (Å²) < 4.78 is 1.41. The number of benzene rings is 1. The maximum absolute atomic E-state index is 3.11. The Labute approximate surface area is 115 Å². The van der Waals surface area contributed by atoms with Crippen LogP contribution in [0.5, 0.6) is 0 Å². The maximum atomic E-state index is 3.11. The first kappa shape index (κ1) is 17.1. The van der Waals surface area contributed by atoms with Gasteiger partial charge in [0.2, 0.25) is 0 Å². The molecule has 79 valence electrons. The van der Waals surface area contributed by atoms with E-state index in [2.05, 4.69) is 66.0 Å². The summed E-state index contributed by atoms with van der Waals surface area (Å²) in [6.45, 7) is 6.39. The normalized spacial score (nSPS) is 7.79. The van der Waals surface area contributed by atoms with Crippen molar-refractivity contribution in [3.8, 4) is 0 Å². The molecular weight excluding hydrogens is 392 g/mol. The first-order chi connectivity index (χ1) is 6.81. The zero-order chi connectivity index (χ0) is 11.2. The van der Waals surface area contributed by atoms with Crippen LogP contribution < -0.4 is 8.90 Å². The van der Waals surface area contributed by atoms with Gasteiger partial charge in [0.25, 0.3) is 0 Å². The van der Waals surface area contributed by atoms with Gasteiger partial charge < -0.3 is 5.32 Å². The Hall–Kier alpha value is 0.709. The summed E-state index contributed by atoms with van der Waals surface area (Å²) in [7, 11) is 0. The molecule has 3 radical (unpaired) electrons. The number of nitrogens with one attached hydrogen (secondary N) is 1. The van der Waals surface area contributed by atoms with Crippen LogP contribution in [0.3, 0.4) is 0 Å². The van der Waals surface area contributed by atoms with E-state index >= 15 is 0 Å². The van der Waals surface area contributed by atoms with Crippen molar-refractivity contribution in [2.45, 2.75) is 13.8 Å². The third kappa shape index (κ3) is 15.2. The van der Waals surface area contributed by atoms with Crippen LogP contribution in [0.4, 0.5) is 0 Å². The zero-order valence-corrected chi connectivity index (χ0v) is 14.2. The van der Waals surface area contributed by atoms with Crippen LogP contribution in [0.1, 0.15) is 13.8 Å². The van der Waals surface area contributed by atoms with Gasteiger partial charge in [-0.15, -0.1) is 0 Å². The quantitative estimate of drug-likeness (QED) is 0.447. The summed E-state index contributed by atoms with van der Waals surface area (Å²) in [5.41, 5.74) is 0. The van der Waals surface area contributed by atoms with Gasteiger partial charge in [-0.25, -0.2) is 0 Å². The number of halogens is 1. The summed E-state index contributed by atoms with van der Waals surface area (Å²) in [5, 5.41) is 3.11. The second kappa shape index (κ2) is 16.2. The fourth-order valence-electron chi connectivity index (χ4n) is 0.688. The molecule has 0 fully saturated rings. The minimum atomic E-state index is 1.09. The molecule has 0 unspecified atom stereocenters. The molecule has 1 N–H and O–H groups in total. The summed E-state index contributed by atoms with van der Waals surface area (Å²) in [6.07, 6.45) is 0. The Morgan fingerprint density at radius 2 is 1.50 bits per heavy atom. The van der Waals surface area contributed by atoms with Crippen LogP contribution in [0.15, 0.2) is 30.3 Å². The summed E-state index contributed by atoms with van der Waals surface area (Å²) in [6, 6.07) is 10.4. The molecule has 0 saturated heterocycles. The van der Waals surface area contributed by atoms with Crippen molar-refractivity contribution in [3.63, 3.8) is 0 Å². The van der Waals surface area contributed by atoms with Gasteiger partial charge in [0.05, 0.1) is 0 Å². The van der Waals surface area contributed by atoms with E-state index in [1.54, 1.807) is 0 Å². The van der Waals surface area contributed by atoms with Crippen LogP contribution in [0, 0.1) is 0 Å². The van der Waals surface area contributed by atoms with Crippen LogP contribution in [0.2, 0.25) is 0 Å². The predicted molar refractivity (Wildman–Crippen MR) is 76.0 cm³/mol. The molecule has 1 nitrogen and oxygen atoms in total. The second-order valence-electron chi connectivity index (χ2n) is 2.32. The van der Waals surface area contributed by atoms with E-state index in [1.807, 2.05) is 11.0 Å². The fourth-order valence-corrected chi connectivity index (χ4v) is 1.24. The van der Waals surface area contributed by atoms with Crippen LogP contribution in [-0.4, -0.2) is 40.5 Å². The SMILES string of the molecule is CCNCC.CI.[Sn][c]1ccccc1. The Kier molecular flexibility index (Phi) is 19.7. The first-order valence-electron chi connectivity index (χ1n) is 4.66. The van der Waals surface area contributed by atoms with E-state index in [0.29, 0.717) is 0 Å². The van der Waals surface area contributed by atoms with E-state index in [-0.39, 0.29) is 0 Å². The zero-order valence-electron chi connectivity index (χ0n) is 9.18. The van der Waals surface area contributed by atoms with E-state index < -0.39 is 0 Å². The molecule has 0 atom stereocenters. The second-order valence-corrected chi connectivity index (χ2v) is 3.97. The van der Waals surface area contributed by atoms with Gasteiger partial charge in [0.15, 0.2) is 0 Å². The van der Waals surface area contributed by atoms with Crippen molar-refractivity contribution in [2.75, 3.05) is 18.0 Å². The monoisotopic (exact) mass is 412 g/mol. The van der Waals surface area contributed by atoms with Crippen molar-refractivity contribution in [1.82, 2.24) is 5.32 Å². The molecule has 0 saturated carbocycles. The van der Waals surface area contributed by atoms with Gasteiger partial charge in [0.1, 0.15) is 0 Å². The van der Waals surface area contributed by atoms with E-state index in [4.69, 9.17) is 0 Å². The molecule has 0 aliphatic carbocycles. The molecule has 0 aliphatic heterocycles. The Bertz CT molecular complexity index is 178. The fraction of sp³-hybridized carbons (Fsp3) is 0.455. The van der Waals surface area contributed by atoms with Crippen molar-refractivity contribution in [1.29, 1.82) is 0 Å². The molecule has 0 amide bonds. The molecule has 0 heterocycles. The summed E-state index contributed by atoms with van der Waals surface area (Å²) >= 11 is 3.64. The van der Waals surface area contributed by atoms with E-state index in [0.717, 1.165) is 13.1 Å². The molecule has 0 spiro atoms. The van der Waals surface area contributed by atoms with Crippen LogP contribution in [0.25, 0.3) is 0 Å². The van der Waals surface area contributed by atoms with E-state index in [9.17, 15) is 0 Å². The van der Waals surface area contributed by atoms with Crippen molar-refractivity contribution < 1.29 is 0 Å². The van der Waals surface area contributed by atoms with E-state index in [1.165, 1.54) is 26.1 Å². The van der Waals surface area contributed by atoms with Gasteiger partial charge in [-0.3, -0.25) is 0 Å². The standard InChI is InChI=1S/C6H5.C4H11N.CH3I.Sn/c1-2-4-6-5-3-1;1-3-5-4-2;1-2;/h1-5H;5H,3-4H2,1-2H3;1H3;. The molecular formula is C11H19INSn. The van der Waals surface area contributed by atoms with Crippen molar-refractivity contribution in [3.05, 3.63) is 30.3 Å². The van der Waals surface area contributed by atoms with Gasteiger partial charge in [-0.05, 0) is 18.0 Å². The third-order valence-electron chi connectivity index (χ3n) is 1.27. The van der Waals surface area contributed by atoms with Gasteiger partial charge in [-0.1, -0.05) is 36.4 Å². The van der Waals surface area contributed by atoms with Gasteiger partial charge >= 0.3 is 56.4 Å². The van der Waals surface area contributed by atoms with Crippen molar-refractivity contribution >= 4 is 48.7 Å². The molecule has 0 bridgehead atoms. The Morgan fingerprint density at radius 1 is 1.07 bits per heavy atom. The predicted octanol–water partition coefficient (Wildman–Crippen LogP) is 2.15. The summed E-state index contributed by atoms with van der Waals surface area (Å²) in [4.78, 5) is 1.97. The first-order valence-corrected chi connectivity index (χ1v) is 8.24. The number of hydrogen-bond acceptors (Lipinski definition) is 1. The van der Waals surface area contributed by atoms with Crippen LogP contribution in [-0.2, 0) is 0 Å². The number of rotatable bonds is 2.